The van der Waals surface area contributed by atoms with Gasteiger partial charge in [0, 0.05) is 6.42 Å². The fourth-order valence-corrected chi connectivity index (χ4v) is 8.42. The van der Waals surface area contributed by atoms with E-state index in [1.807, 2.05) is 26.8 Å². The van der Waals surface area contributed by atoms with Crippen LogP contribution in [0.15, 0.2) is 52.3 Å². The first kappa shape index (κ1) is 49.4. The number of allylic oxidation sites excluding steroid dienone is 4. The molecular weight excluding hydrogens is 719 g/mol. The standard InChI is InChI=1S/C34H55N2O6P.C7H14O3.C2H6/c1-23(10-7-13-27-22-42-32-31(36-41)25(3)21-29(33(39)43)34(27,32)40)20-24(2)16-17-28(37)14-8-18-35-19-9-15-30(38)26-11-5-4-6-12-26;1-4-3-6(8)10-5(2)7(4)9;1-2/h7,10,13,16,21,23,26,28-30,32,35,37-38,40-41H,4-6,8-9,11-12,14-15,17-20,22,43H2,1-3H3;4-9H,3H2,1-2H3;1-2H3/b10-7+,24-16+,27-13+,36-31+;;/t23-,28-,29?,30?,32+,34+;4?,5?,6-,7-;/m01./s1. The Labute approximate surface area is 333 Å². The first-order chi connectivity index (χ1) is 26.2. The molecule has 1 saturated carbocycles. The SMILES string of the molecule is CC.CC1=CC(C(=O)P)[C@]2(O)/C(=C/C=C/[C@H](C)C/C(C)=C/C[C@@H](O)CCCNCCCC(O)C3CCCCC3)CO[C@@H]2/C1=N/O.CC1C[C@H](O)OC(C)[C@@H]1O. The first-order valence-corrected chi connectivity index (χ1v) is 21.4. The minimum Gasteiger partial charge on any atom is -0.411 e. The van der Waals surface area contributed by atoms with E-state index in [9.17, 15) is 30.4 Å². The van der Waals surface area contributed by atoms with Gasteiger partial charge in [0.25, 0.3) is 0 Å². The summed E-state index contributed by atoms with van der Waals surface area (Å²) in [4.78, 5) is 12.3. The molecule has 0 spiro atoms. The number of aliphatic hydroxyl groups is 5. The maximum Gasteiger partial charge on any atom is 0.158 e. The van der Waals surface area contributed by atoms with Crippen LogP contribution < -0.4 is 5.32 Å². The molecule has 11 atom stereocenters. The molecule has 2 aliphatic heterocycles. The van der Waals surface area contributed by atoms with Crippen molar-refractivity contribution in [2.75, 3.05) is 19.7 Å². The molecule has 55 heavy (non-hydrogen) atoms. The van der Waals surface area contributed by atoms with Crippen LogP contribution in [0.3, 0.4) is 0 Å². The lowest BCUT2D eigenvalue weighted by Crippen LogP contribution is -2.54. The predicted molar refractivity (Wildman–Crippen MR) is 223 cm³/mol. The summed E-state index contributed by atoms with van der Waals surface area (Å²) in [5.41, 5.74) is 0.805. The lowest BCUT2D eigenvalue weighted by atomic mass is 9.71. The zero-order valence-corrected chi connectivity index (χ0v) is 35.9. The van der Waals surface area contributed by atoms with Crippen molar-refractivity contribution in [1.82, 2.24) is 5.32 Å². The third-order valence-electron chi connectivity index (χ3n) is 11.3. The molecule has 0 amide bonds. The van der Waals surface area contributed by atoms with Crippen molar-refractivity contribution >= 4 is 20.5 Å². The number of carbonyl (C=O) groups excluding carboxylic acids is 1. The third-order valence-corrected chi connectivity index (χ3v) is 11.7. The van der Waals surface area contributed by atoms with Crippen LogP contribution in [-0.2, 0) is 14.3 Å². The highest BCUT2D eigenvalue weighted by Crippen LogP contribution is 2.44. The van der Waals surface area contributed by atoms with Gasteiger partial charge in [-0.2, -0.15) is 0 Å². The maximum atomic E-state index is 12.3. The number of hydrogen-bond acceptors (Lipinski definition) is 11. The molecule has 0 aromatic carbocycles. The molecule has 0 aromatic rings. The molecule has 316 valence electrons. The van der Waals surface area contributed by atoms with Gasteiger partial charge in [0.15, 0.2) is 11.8 Å². The Bertz CT molecular complexity index is 1280. The number of rotatable bonds is 16. The quantitative estimate of drug-likeness (QED) is 0.0306. The van der Waals surface area contributed by atoms with Crippen LogP contribution in [-0.4, -0.2) is 104 Å². The molecular formula is C43H75N2O9P. The van der Waals surface area contributed by atoms with Crippen LogP contribution in [0.25, 0.3) is 0 Å². The summed E-state index contributed by atoms with van der Waals surface area (Å²) in [6, 6.07) is 0. The zero-order valence-electron chi connectivity index (χ0n) is 34.7. The summed E-state index contributed by atoms with van der Waals surface area (Å²) in [6.07, 6.45) is 18.5. The van der Waals surface area contributed by atoms with Crippen LogP contribution in [0.4, 0.5) is 0 Å². The number of aliphatic hydroxyl groups excluding tert-OH is 4. The highest BCUT2D eigenvalue weighted by molar-refractivity contribution is 7.40. The van der Waals surface area contributed by atoms with E-state index in [0.29, 0.717) is 29.9 Å². The summed E-state index contributed by atoms with van der Waals surface area (Å²) in [7, 11) is 2.14. The highest BCUT2D eigenvalue weighted by Gasteiger charge is 2.57. The lowest BCUT2D eigenvalue weighted by molar-refractivity contribution is -0.209. The molecule has 2 aliphatic carbocycles. The molecule has 3 fully saturated rings. The van der Waals surface area contributed by atoms with Crippen molar-refractivity contribution < 1.29 is 45.0 Å². The van der Waals surface area contributed by atoms with E-state index in [0.717, 1.165) is 45.2 Å². The summed E-state index contributed by atoms with van der Waals surface area (Å²) in [5.74, 6) is 0.0764. The Hall–Kier alpha value is -1.79. The molecule has 7 N–H and O–H groups in total. The number of fused-ring (bicyclic) bond motifs is 1. The van der Waals surface area contributed by atoms with E-state index in [1.165, 1.54) is 37.7 Å². The molecule has 11 nitrogen and oxygen atoms in total. The molecule has 12 heteroatoms. The summed E-state index contributed by atoms with van der Waals surface area (Å²) < 4.78 is 10.8. The Morgan fingerprint density at radius 3 is 2.38 bits per heavy atom. The van der Waals surface area contributed by atoms with Crippen LogP contribution in [0.1, 0.15) is 126 Å². The number of ether oxygens (including phenoxy) is 2. The predicted octanol–water partition coefficient (Wildman–Crippen LogP) is 6.36. The lowest BCUT2D eigenvalue weighted by Gasteiger charge is -2.38. The van der Waals surface area contributed by atoms with Gasteiger partial charge in [-0.1, -0.05) is 97.3 Å². The van der Waals surface area contributed by atoms with Crippen molar-refractivity contribution in [3.63, 3.8) is 0 Å². The second-order valence-corrected chi connectivity index (χ2v) is 16.5. The average molecular weight is 795 g/mol. The van der Waals surface area contributed by atoms with Gasteiger partial charge < -0.3 is 45.5 Å². The Kier molecular flexibility index (Phi) is 22.9. The smallest absolute Gasteiger partial charge is 0.158 e. The molecule has 2 saturated heterocycles. The van der Waals surface area contributed by atoms with Crippen molar-refractivity contribution in [2.24, 2.45) is 28.8 Å². The number of hydrogen-bond donors (Lipinski definition) is 7. The Morgan fingerprint density at radius 1 is 1.11 bits per heavy atom. The van der Waals surface area contributed by atoms with Crippen LogP contribution >= 0.6 is 9.24 Å². The van der Waals surface area contributed by atoms with Gasteiger partial charge in [0.1, 0.15) is 17.4 Å². The van der Waals surface area contributed by atoms with E-state index in [1.54, 1.807) is 26.0 Å². The fourth-order valence-electron chi connectivity index (χ4n) is 8.07. The zero-order chi connectivity index (χ0) is 41.1. The van der Waals surface area contributed by atoms with E-state index < -0.39 is 30.0 Å². The van der Waals surface area contributed by atoms with Gasteiger partial charge in [-0.25, -0.2) is 0 Å². The molecule has 5 unspecified atom stereocenters. The van der Waals surface area contributed by atoms with Crippen LogP contribution in [0.2, 0.25) is 0 Å². The third kappa shape index (κ3) is 15.5. The minimum atomic E-state index is -1.59. The van der Waals surface area contributed by atoms with Crippen molar-refractivity contribution in [2.45, 2.75) is 168 Å². The fraction of sp³-hybridized carbons (Fsp3) is 0.767. The van der Waals surface area contributed by atoms with Gasteiger partial charge in [0.2, 0.25) is 0 Å². The van der Waals surface area contributed by atoms with E-state index in [4.69, 9.17) is 14.6 Å². The van der Waals surface area contributed by atoms with Crippen molar-refractivity contribution in [3.8, 4) is 0 Å². The second-order valence-electron chi connectivity index (χ2n) is 15.9. The highest BCUT2D eigenvalue weighted by atomic mass is 31.0. The van der Waals surface area contributed by atoms with Gasteiger partial charge >= 0.3 is 0 Å². The Balaban J connectivity index is 0.000000745. The normalized spacial score (nSPS) is 31.9. The summed E-state index contributed by atoms with van der Waals surface area (Å²) >= 11 is 0. The largest absolute Gasteiger partial charge is 0.411 e. The second kappa shape index (κ2) is 25.5. The molecule has 0 bridgehead atoms. The van der Waals surface area contributed by atoms with Gasteiger partial charge in [-0.05, 0) is 114 Å². The topological polar surface area (TPSA) is 181 Å². The number of oxime groups is 1. The van der Waals surface area contributed by atoms with Gasteiger partial charge in [-0.15, -0.1) is 0 Å². The molecule has 2 heterocycles. The maximum absolute atomic E-state index is 12.3. The molecule has 0 aromatic heterocycles. The number of nitrogens with one attached hydrogen (secondary N) is 1. The van der Waals surface area contributed by atoms with Crippen molar-refractivity contribution in [1.29, 1.82) is 0 Å². The Morgan fingerprint density at radius 2 is 1.76 bits per heavy atom. The molecule has 4 rings (SSSR count). The van der Waals surface area contributed by atoms with E-state index >= 15 is 0 Å². The molecule has 4 aliphatic rings. The van der Waals surface area contributed by atoms with E-state index in [-0.39, 0.29) is 48.0 Å². The number of carbonyl (C=O) groups is 1. The first-order valence-electron chi connectivity index (χ1n) is 20.8. The average Bonchev–Trinajstić information content (AvgIpc) is 3.49. The number of nitrogens with zero attached hydrogens (tertiary/aromatic N) is 1. The monoisotopic (exact) mass is 795 g/mol. The van der Waals surface area contributed by atoms with Gasteiger partial charge in [-0.3, -0.25) is 4.79 Å². The van der Waals surface area contributed by atoms with E-state index in [2.05, 4.69) is 45.7 Å². The van der Waals surface area contributed by atoms with Crippen LogP contribution in [0, 0.1) is 23.7 Å². The minimum absolute atomic E-state index is 0.138. The summed E-state index contributed by atoms with van der Waals surface area (Å²) in [5, 5.41) is 67.0. The summed E-state index contributed by atoms with van der Waals surface area (Å²) in [6.45, 7) is 15.6. The van der Waals surface area contributed by atoms with Crippen molar-refractivity contribution in [3.05, 3.63) is 47.1 Å². The molecule has 0 radical (unpaired) electrons. The van der Waals surface area contributed by atoms with Gasteiger partial charge in [0.05, 0.1) is 36.9 Å². The van der Waals surface area contributed by atoms with Crippen LogP contribution in [0.5, 0.6) is 0 Å².